The summed E-state index contributed by atoms with van der Waals surface area (Å²) in [4.78, 5) is 0. The van der Waals surface area contributed by atoms with Crippen LogP contribution < -0.4 is 0 Å². The largest absolute Gasteiger partial charge is 0.0464 e. The minimum absolute atomic E-state index is 1.28. The molecule has 9 aliphatic rings. The molecule has 0 radical (unpaired) electrons. The Kier molecular flexibility index (Phi) is 0.548. The molecular formula is C14H16. The zero-order valence-corrected chi connectivity index (χ0v) is 8.34. The van der Waals surface area contributed by atoms with Gasteiger partial charge in [0.05, 0.1) is 0 Å². The first-order valence-electron chi connectivity index (χ1n) is 6.97. The molecule has 0 heteroatoms. The van der Waals surface area contributed by atoms with Crippen molar-refractivity contribution in [2.24, 2.45) is 71.0 Å². The van der Waals surface area contributed by atoms with Crippen molar-refractivity contribution in [1.29, 1.82) is 0 Å². The van der Waals surface area contributed by atoms with E-state index in [1.807, 2.05) is 0 Å². The van der Waals surface area contributed by atoms with Gasteiger partial charge in [-0.1, -0.05) is 0 Å². The molecule has 0 atom stereocenters. The molecule has 9 rings (SSSR count). The summed E-state index contributed by atoms with van der Waals surface area (Å²) in [6.45, 7) is 0. The molecule has 0 spiro atoms. The molecule has 0 aromatic carbocycles. The van der Waals surface area contributed by atoms with Crippen molar-refractivity contribution >= 4 is 0 Å². The summed E-state index contributed by atoms with van der Waals surface area (Å²) in [7, 11) is 0. The summed E-state index contributed by atoms with van der Waals surface area (Å²) in [5.74, 6) is 15.6. The highest BCUT2D eigenvalue weighted by atomic mass is 14.9. The Morgan fingerprint density at radius 2 is 0.571 bits per heavy atom. The van der Waals surface area contributed by atoms with Crippen LogP contribution in [0.25, 0.3) is 0 Å². The lowest BCUT2D eigenvalue weighted by atomic mass is 9.66. The molecule has 0 saturated heterocycles. The van der Waals surface area contributed by atoms with Crippen LogP contribution in [-0.4, -0.2) is 0 Å². The van der Waals surface area contributed by atoms with Crippen molar-refractivity contribution < 1.29 is 0 Å². The molecule has 0 nitrogen and oxygen atoms in total. The van der Waals surface area contributed by atoms with Crippen LogP contribution in [0.15, 0.2) is 0 Å². The second-order valence-corrected chi connectivity index (χ2v) is 7.75. The SMILES string of the molecule is C1C2[C@H]3[C@H]4C1[C@@H]([C@@H]23)[C@@H]1C2CC3[C@H]([C@H]24)[C@H]31. The monoisotopic (exact) mass is 184 g/mol. The van der Waals surface area contributed by atoms with E-state index in [2.05, 4.69) is 0 Å². The van der Waals surface area contributed by atoms with Crippen LogP contribution in [0.4, 0.5) is 0 Å². The Morgan fingerprint density at radius 3 is 0.714 bits per heavy atom. The second-order valence-electron chi connectivity index (χ2n) is 7.75. The van der Waals surface area contributed by atoms with Gasteiger partial charge in [0.25, 0.3) is 0 Å². The van der Waals surface area contributed by atoms with E-state index in [4.69, 9.17) is 0 Å². The van der Waals surface area contributed by atoms with Gasteiger partial charge in [-0.05, 0) is 83.9 Å². The summed E-state index contributed by atoms with van der Waals surface area (Å²) >= 11 is 0. The fraction of sp³-hybridized carbons (Fsp3) is 1.00. The van der Waals surface area contributed by atoms with Crippen LogP contribution in [0, 0.1) is 71.0 Å². The van der Waals surface area contributed by atoms with Gasteiger partial charge >= 0.3 is 0 Å². The number of hydrogen-bond acceptors (Lipinski definition) is 0. The van der Waals surface area contributed by atoms with Crippen LogP contribution >= 0.6 is 0 Å². The Morgan fingerprint density at radius 1 is 0.357 bits per heavy atom. The van der Waals surface area contributed by atoms with Crippen molar-refractivity contribution in [3.63, 3.8) is 0 Å². The van der Waals surface area contributed by atoms with E-state index in [1.54, 1.807) is 12.8 Å². The molecule has 12 bridgehead atoms. The second kappa shape index (κ2) is 1.30. The average Bonchev–Trinajstić information content (AvgIpc) is 2.71. The Bertz CT molecular complexity index is 329. The van der Waals surface area contributed by atoms with Crippen LogP contribution in [0.1, 0.15) is 12.8 Å². The van der Waals surface area contributed by atoms with Crippen LogP contribution in [0.5, 0.6) is 0 Å². The van der Waals surface area contributed by atoms with Gasteiger partial charge in [0.1, 0.15) is 0 Å². The maximum atomic E-state index is 1.70. The van der Waals surface area contributed by atoms with Crippen molar-refractivity contribution in [2.75, 3.05) is 0 Å². The van der Waals surface area contributed by atoms with E-state index in [9.17, 15) is 0 Å². The lowest BCUT2D eigenvalue weighted by Crippen LogP contribution is -2.34. The molecule has 0 aliphatic heterocycles. The first-order chi connectivity index (χ1) is 6.97. The lowest BCUT2D eigenvalue weighted by molar-refractivity contribution is 0.0886. The molecule has 0 heterocycles. The van der Waals surface area contributed by atoms with E-state index in [0.29, 0.717) is 0 Å². The predicted octanol–water partition coefficient (Wildman–Crippen LogP) is 2.26. The minimum Gasteiger partial charge on any atom is -0.0464 e. The topological polar surface area (TPSA) is 0 Å². The normalized spacial score (nSPS) is 96.0. The van der Waals surface area contributed by atoms with Crippen molar-refractivity contribution in [2.45, 2.75) is 12.8 Å². The van der Waals surface area contributed by atoms with Crippen molar-refractivity contribution in [1.82, 2.24) is 0 Å². The third-order valence-electron chi connectivity index (χ3n) is 8.32. The number of rotatable bonds is 0. The summed E-state index contributed by atoms with van der Waals surface area (Å²) in [6, 6.07) is 0. The molecule has 9 saturated carbocycles. The molecule has 0 N–H and O–H groups in total. The summed E-state index contributed by atoms with van der Waals surface area (Å²) < 4.78 is 0. The fourth-order valence-corrected chi connectivity index (χ4v) is 8.73. The minimum atomic E-state index is 1.28. The third kappa shape index (κ3) is 0.314. The van der Waals surface area contributed by atoms with Gasteiger partial charge in [0.15, 0.2) is 0 Å². The Balaban J connectivity index is 1.61. The van der Waals surface area contributed by atoms with E-state index < -0.39 is 0 Å². The molecule has 0 unspecified atom stereocenters. The average molecular weight is 184 g/mol. The summed E-state index contributed by atoms with van der Waals surface area (Å²) in [5.41, 5.74) is 0. The standard InChI is InChI=1S/C14H16/c1-3-7-8(3)12-5(1)11(7)13-6-2-4-9(13)10(4)14(6)12/h3-14H,1-2H2/t3?,4?,5?,6?,7-,8-,9-,10+,11+,12-,13-,14+/m0/s1. The highest BCUT2D eigenvalue weighted by Crippen LogP contribution is 2.92. The van der Waals surface area contributed by atoms with Gasteiger partial charge in [-0.25, -0.2) is 0 Å². The predicted molar refractivity (Wildman–Crippen MR) is 51.1 cm³/mol. The Labute approximate surface area is 84.4 Å². The molecule has 9 fully saturated rings. The molecule has 9 aliphatic carbocycles. The highest BCUT2D eigenvalue weighted by Gasteiger charge is 2.88. The van der Waals surface area contributed by atoms with Crippen LogP contribution in [0.2, 0.25) is 0 Å². The quantitative estimate of drug-likeness (QED) is 0.541. The van der Waals surface area contributed by atoms with E-state index >= 15 is 0 Å². The molecule has 72 valence electrons. The highest BCUT2D eigenvalue weighted by molar-refractivity contribution is 5.35. The molecular weight excluding hydrogens is 168 g/mol. The zero-order valence-electron chi connectivity index (χ0n) is 8.34. The maximum Gasteiger partial charge on any atom is -0.0315 e. The molecule has 0 aromatic rings. The first-order valence-corrected chi connectivity index (χ1v) is 6.97. The molecule has 14 heavy (non-hydrogen) atoms. The van der Waals surface area contributed by atoms with Gasteiger partial charge in [0.2, 0.25) is 0 Å². The third-order valence-corrected chi connectivity index (χ3v) is 8.32. The fourth-order valence-electron chi connectivity index (χ4n) is 8.73. The van der Waals surface area contributed by atoms with E-state index in [-0.39, 0.29) is 0 Å². The summed E-state index contributed by atoms with van der Waals surface area (Å²) in [6.07, 6.45) is 3.41. The molecule has 0 amide bonds. The van der Waals surface area contributed by atoms with E-state index in [1.165, 1.54) is 71.0 Å². The van der Waals surface area contributed by atoms with Crippen molar-refractivity contribution in [3.05, 3.63) is 0 Å². The lowest BCUT2D eigenvalue weighted by Gasteiger charge is -2.38. The zero-order chi connectivity index (χ0) is 8.34. The Hall–Kier alpha value is 0. The van der Waals surface area contributed by atoms with Gasteiger partial charge in [-0.15, -0.1) is 0 Å². The van der Waals surface area contributed by atoms with Crippen LogP contribution in [-0.2, 0) is 0 Å². The number of hydrogen-bond donors (Lipinski definition) is 0. The van der Waals surface area contributed by atoms with Crippen LogP contribution in [0.3, 0.4) is 0 Å². The summed E-state index contributed by atoms with van der Waals surface area (Å²) in [5, 5.41) is 0. The van der Waals surface area contributed by atoms with Gasteiger partial charge in [-0.2, -0.15) is 0 Å². The first kappa shape index (κ1) is 5.92. The molecule has 0 aromatic heterocycles. The smallest absolute Gasteiger partial charge is 0.0315 e. The van der Waals surface area contributed by atoms with E-state index in [0.717, 1.165) is 0 Å². The van der Waals surface area contributed by atoms with Gasteiger partial charge in [0, 0.05) is 0 Å². The van der Waals surface area contributed by atoms with Gasteiger partial charge < -0.3 is 0 Å². The van der Waals surface area contributed by atoms with Gasteiger partial charge in [-0.3, -0.25) is 0 Å². The van der Waals surface area contributed by atoms with Crippen molar-refractivity contribution in [3.8, 4) is 0 Å². The maximum absolute atomic E-state index is 1.70.